The summed E-state index contributed by atoms with van der Waals surface area (Å²) in [6, 6.07) is 13.5. The van der Waals surface area contributed by atoms with E-state index < -0.39 is 11.9 Å². The average Bonchev–Trinajstić information content (AvgIpc) is 2.93. The number of ether oxygens (including phenoxy) is 4. The molecule has 0 heterocycles. The smallest absolute Gasteiger partial charge is 0.374 e. The van der Waals surface area contributed by atoms with Gasteiger partial charge in [-0.2, -0.15) is 0 Å². The van der Waals surface area contributed by atoms with Crippen LogP contribution in [0, 0.1) is 11.8 Å². The number of nitrogens with one attached hydrogen (secondary N) is 1. The fourth-order valence-electron chi connectivity index (χ4n) is 3.41. The second kappa shape index (κ2) is 17.7. The van der Waals surface area contributed by atoms with Gasteiger partial charge in [0.1, 0.15) is 5.75 Å². The molecule has 0 saturated heterocycles. The normalized spacial score (nSPS) is 11.3. The zero-order chi connectivity index (χ0) is 29.3. The predicted octanol–water partition coefficient (Wildman–Crippen LogP) is 6.95. The highest BCUT2D eigenvalue weighted by atomic mass is 16.6. The topological polar surface area (TPSA) is 100 Å². The van der Waals surface area contributed by atoms with Crippen LogP contribution in [-0.2, 0) is 19.1 Å². The molecule has 8 nitrogen and oxygen atoms in total. The van der Waals surface area contributed by atoms with E-state index in [0.29, 0.717) is 23.6 Å². The zero-order valence-corrected chi connectivity index (χ0v) is 24.4. The highest BCUT2D eigenvalue weighted by molar-refractivity contribution is 6.05. The van der Waals surface area contributed by atoms with Gasteiger partial charge in [-0.25, -0.2) is 9.59 Å². The van der Waals surface area contributed by atoms with Crippen LogP contribution in [0.5, 0.6) is 11.5 Å². The summed E-state index contributed by atoms with van der Waals surface area (Å²) in [4.78, 5) is 38.0. The summed E-state index contributed by atoms with van der Waals surface area (Å²) < 4.78 is 22.0. The van der Waals surface area contributed by atoms with Crippen molar-refractivity contribution in [3.05, 3.63) is 65.9 Å². The minimum Gasteiger partial charge on any atom is -0.494 e. The second-order valence-electron chi connectivity index (χ2n) is 10.4. The molecule has 0 radical (unpaired) electrons. The number of amides is 1. The van der Waals surface area contributed by atoms with Crippen LogP contribution in [0.3, 0.4) is 0 Å². The molecule has 2 rings (SSSR count). The van der Waals surface area contributed by atoms with Gasteiger partial charge in [0.05, 0.1) is 31.6 Å². The molecule has 0 saturated carbocycles. The van der Waals surface area contributed by atoms with Gasteiger partial charge >= 0.3 is 11.9 Å². The summed E-state index contributed by atoms with van der Waals surface area (Å²) in [7, 11) is 0. The molecule has 0 atom stereocenters. The Morgan fingerprint density at radius 3 is 2.15 bits per heavy atom. The molecule has 1 amide bonds. The third-order valence-corrected chi connectivity index (χ3v) is 5.55. The van der Waals surface area contributed by atoms with Crippen molar-refractivity contribution in [2.75, 3.05) is 25.1 Å². The van der Waals surface area contributed by atoms with Crippen molar-refractivity contribution in [1.29, 1.82) is 0 Å². The van der Waals surface area contributed by atoms with E-state index in [4.69, 9.17) is 18.9 Å². The highest BCUT2D eigenvalue weighted by Crippen LogP contribution is 2.27. The van der Waals surface area contributed by atoms with E-state index in [9.17, 15) is 14.4 Å². The number of benzene rings is 2. The van der Waals surface area contributed by atoms with Gasteiger partial charge in [0.25, 0.3) is 5.91 Å². The lowest BCUT2D eigenvalue weighted by Gasteiger charge is -2.15. The minimum absolute atomic E-state index is 0.0900. The van der Waals surface area contributed by atoms with E-state index in [2.05, 4.69) is 12.2 Å². The monoisotopic (exact) mass is 553 g/mol. The summed E-state index contributed by atoms with van der Waals surface area (Å²) in [5.41, 5.74) is 0.743. The van der Waals surface area contributed by atoms with Gasteiger partial charge < -0.3 is 24.3 Å². The molecule has 0 aromatic heterocycles. The average molecular weight is 554 g/mol. The van der Waals surface area contributed by atoms with Crippen LogP contribution in [0.25, 0.3) is 0 Å². The zero-order valence-electron chi connectivity index (χ0n) is 24.4. The van der Waals surface area contributed by atoms with Crippen molar-refractivity contribution in [1.82, 2.24) is 0 Å². The largest absolute Gasteiger partial charge is 0.494 e. The maximum Gasteiger partial charge on any atom is 0.374 e. The van der Waals surface area contributed by atoms with Crippen molar-refractivity contribution >= 4 is 23.5 Å². The van der Waals surface area contributed by atoms with Crippen LogP contribution >= 0.6 is 0 Å². The molecule has 0 bridgehead atoms. The fraction of sp³-hybridized carbons (Fsp3) is 0.469. The Kier molecular flexibility index (Phi) is 14.3. The number of unbranched alkanes of at least 4 members (excludes halogenated alkanes) is 4. The van der Waals surface area contributed by atoms with Gasteiger partial charge in [-0.3, -0.25) is 4.79 Å². The molecule has 0 aliphatic rings. The predicted molar refractivity (Wildman–Crippen MR) is 155 cm³/mol. The Morgan fingerprint density at radius 2 is 1.48 bits per heavy atom. The van der Waals surface area contributed by atoms with Gasteiger partial charge in [0, 0.05) is 5.56 Å². The molecule has 0 unspecified atom stereocenters. The number of carbonyl (C=O) groups is 3. The van der Waals surface area contributed by atoms with Crippen LogP contribution in [-0.4, -0.2) is 37.7 Å². The molecule has 0 aliphatic heterocycles. The first-order valence-electron chi connectivity index (χ1n) is 14.1. The molecule has 2 aromatic carbocycles. The highest BCUT2D eigenvalue weighted by Gasteiger charge is 2.20. The van der Waals surface area contributed by atoms with E-state index >= 15 is 0 Å². The van der Waals surface area contributed by atoms with Crippen LogP contribution in [0.4, 0.5) is 5.69 Å². The number of rotatable bonds is 17. The standard InChI is InChI=1S/C32H43NO7/c1-6-7-8-9-12-19-37-26-17-15-25(16-18-26)31(35)33-27-13-10-11-14-28(27)40-29(32(36)39-22-24(4)5)20-30(34)38-21-23(2)3/h10-11,13-18,20,23-24H,6-9,12,19,21-22H2,1-5H3,(H,33,35)/b29-20-. The Labute approximate surface area is 238 Å². The molecule has 0 fully saturated rings. The van der Waals surface area contributed by atoms with Crippen molar-refractivity contribution in [2.45, 2.75) is 66.7 Å². The lowest BCUT2D eigenvalue weighted by Crippen LogP contribution is -2.19. The molecule has 2 aromatic rings. The van der Waals surface area contributed by atoms with E-state index in [-0.39, 0.29) is 42.5 Å². The van der Waals surface area contributed by atoms with E-state index in [1.807, 2.05) is 27.7 Å². The number of hydrogen-bond donors (Lipinski definition) is 1. The molecule has 0 spiro atoms. The van der Waals surface area contributed by atoms with Crippen LogP contribution in [0.2, 0.25) is 0 Å². The van der Waals surface area contributed by atoms with Crippen molar-refractivity contribution in [3.63, 3.8) is 0 Å². The number of carbonyl (C=O) groups excluding carboxylic acids is 3. The molecular weight excluding hydrogens is 510 g/mol. The first kappa shape index (κ1) is 32.4. The first-order chi connectivity index (χ1) is 19.2. The maximum absolute atomic E-state index is 13.0. The van der Waals surface area contributed by atoms with Crippen molar-refractivity contribution < 1.29 is 33.3 Å². The number of anilines is 1. The summed E-state index contributed by atoms with van der Waals surface area (Å²) >= 11 is 0. The van der Waals surface area contributed by atoms with Crippen LogP contribution in [0.1, 0.15) is 77.1 Å². The molecule has 8 heteroatoms. The fourth-order valence-corrected chi connectivity index (χ4v) is 3.41. The van der Waals surface area contributed by atoms with E-state index in [1.54, 1.807) is 48.5 Å². The number of para-hydroxylation sites is 2. The van der Waals surface area contributed by atoms with Crippen LogP contribution in [0.15, 0.2) is 60.4 Å². The number of esters is 2. The molecular formula is C32H43NO7. The summed E-state index contributed by atoms with van der Waals surface area (Å²) in [6.07, 6.45) is 6.76. The number of hydrogen-bond acceptors (Lipinski definition) is 7. The minimum atomic E-state index is -0.808. The quantitative estimate of drug-likeness (QED) is 0.0979. The third-order valence-electron chi connectivity index (χ3n) is 5.55. The lowest BCUT2D eigenvalue weighted by molar-refractivity contribution is -0.144. The molecule has 0 aliphatic carbocycles. The van der Waals surface area contributed by atoms with Crippen LogP contribution < -0.4 is 14.8 Å². The Hall–Kier alpha value is -3.81. The molecule has 40 heavy (non-hydrogen) atoms. The Balaban J connectivity index is 2.10. The van der Waals surface area contributed by atoms with Gasteiger partial charge in [-0.15, -0.1) is 0 Å². The Bertz CT molecular complexity index is 1110. The van der Waals surface area contributed by atoms with E-state index in [1.165, 1.54) is 19.3 Å². The lowest BCUT2D eigenvalue weighted by atomic mass is 10.1. The Morgan fingerprint density at radius 1 is 0.825 bits per heavy atom. The summed E-state index contributed by atoms with van der Waals surface area (Å²) in [5, 5.41) is 2.81. The third kappa shape index (κ3) is 12.4. The van der Waals surface area contributed by atoms with Gasteiger partial charge in [-0.1, -0.05) is 72.4 Å². The molecule has 218 valence electrons. The molecule has 1 N–H and O–H groups in total. The van der Waals surface area contributed by atoms with E-state index in [0.717, 1.165) is 18.9 Å². The summed E-state index contributed by atoms with van der Waals surface area (Å²) in [6.45, 7) is 10.8. The summed E-state index contributed by atoms with van der Waals surface area (Å²) in [5.74, 6) is -1.15. The van der Waals surface area contributed by atoms with Crippen molar-refractivity contribution in [2.24, 2.45) is 11.8 Å². The SMILES string of the molecule is CCCCCCCOc1ccc(C(=O)Nc2ccccc2O/C(=C\C(=O)OCC(C)C)C(=O)OCC(C)C)cc1. The van der Waals surface area contributed by atoms with Crippen molar-refractivity contribution in [3.8, 4) is 11.5 Å². The first-order valence-corrected chi connectivity index (χ1v) is 14.1. The second-order valence-corrected chi connectivity index (χ2v) is 10.4. The van der Waals surface area contributed by atoms with Gasteiger partial charge in [0.2, 0.25) is 5.76 Å². The van der Waals surface area contributed by atoms with Gasteiger partial charge in [0.15, 0.2) is 5.75 Å². The van der Waals surface area contributed by atoms with Gasteiger partial charge in [-0.05, 0) is 54.7 Å². The maximum atomic E-state index is 13.0.